The number of methoxy groups -OCH3 is 1. The average molecular weight is 275 g/mol. The normalized spacial score (nSPS) is 16.1. The van der Waals surface area contributed by atoms with Crippen molar-refractivity contribution in [3.8, 4) is 5.75 Å². The molecular formula is C15H18FN3O. The Morgan fingerprint density at radius 3 is 2.80 bits per heavy atom. The lowest BCUT2D eigenvalue weighted by Gasteiger charge is -2.39. The fourth-order valence-electron chi connectivity index (χ4n) is 2.54. The van der Waals surface area contributed by atoms with E-state index >= 15 is 0 Å². The van der Waals surface area contributed by atoms with E-state index in [2.05, 4.69) is 16.2 Å². The summed E-state index contributed by atoms with van der Waals surface area (Å²) in [6.45, 7) is 4.71. The van der Waals surface area contributed by atoms with Crippen LogP contribution in [-0.4, -0.2) is 34.9 Å². The summed E-state index contributed by atoms with van der Waals surface area (Å²) >= 11 is 0. The molecule has 0 radical (unpaired) electrons. The van der Waals surface area contributed by atoms with Crippen LogP contribution in [0.5, 0.6) is 5.75 Å². The van der Waals surface area contributed by atoms with Gasteiger partial charge in [-0.25, -0.2) is 4.39 Å². The summed E-state index contributed by atoms with van der Waals surface area (Å²) in [4.78, 5) is 2.28. The molecule has 2 heterocycles. The van der Waals surface area contributed by atoms with E-state index in [1.54, 1.807) is 12.1 Å². The van der Waals surface area contributed by atoms with Gasteiger partial charge >= 0.3 is 0 Å². The fourth-order valence-corrected chi connectivity index (χ4v) is 2.54. The lowest BCUT2D eigenvalue weighted by atomic mass is 10.1. The summed E-state index contributed by atoms with van der Waals surface area (Å²) < 4.78 is 20.5. The molecule has 1 aromatic carbocycles. The molecule has 1 saturated heterocycles. The van der Waals surface area contributed by atoms with Crippen LogP contribution in [0.4, 0.5) is 4.39 Å². The molecule has 106 valence electrons. The monoisotopic (exact) mass is 275 g/mol. The van der Waals surface area contributed by atoms with Gasteiger partial charge in [0, 0.05) is 25.8 Å². The molecule has 20 heavy (non-hydrogen) atoms. The van der Waals surface area contributed by atoms with Crippen LogP contribution >= 0.6 is 0 Å². The number of ether oxygens (including phenoxy) is 1. The zero-order chi connectivity index (χ0) is 14.1. The molecule has 2 aromatic rings. The SMILES string of the molecule is COc1ccc(CN2CC(n3cc(C)cn3)C2)cc1F. The minimum absolute atomic E-state index is 0.294. The fraction of sp³-hybridized carbons (Fsp3) is 0.400. The van der Waals surface area contributed by atoms with Gasteiger partial charge in [-0.15, -0.1) is 0 Å². The van der Waals surface area contributed by atoms with E-state index in [1.807, 2.05) is 23.9 Å². The third kappa shape index (κ3) is 2.54. The second kappa shape index (κ2) is 5.25. The van der Waals surface area contributed by atoms with Gasteiger partial charge in [-0.2, -0.15) is 5.10 Å². The van der Waals surface area contributed by atoms with Crippen molar-refractivity contribution in [3.63, 3.8) is 0 Å². The summed E-state index contributed by atoms with van der Waals surface area (Å²) in [7, 11) is 1.48. The molecule has 0 spiro atoms. The van der Waals surface area contributed by atoms with Crippen LogP contribution in [0.1, 0.15) is 17.2 Å². The van der Waals surface area contributed by atoms with Gasteiger partial charge in [0.05, 0.1) is 19.3 Å². The first-order valence-electron chi connectivity index (χ1n) is 6.71. The predicted octanol–water partition coefficient (Wildman–Crippen LogP) is 2.40. The number of hydrogen-bond acceptors (Lipinski definition) is 3. The number of likely N-dealkylation sites (tertiary alicyclic amines) is 1. The van der Waals surface area contributed by atoms with E-state index < -0.39 is 0 Å². The van der Waals surface area contributed by atoms with Crippen molar-refractivity contribution >= 4 is 0 Å². The van der Waals surface area contributed by atoms with Crippen LogP contribution in [0.2, 0.25) is 0 Å². The Balaban J connectivity index is 1.57. The second-order valence-electron chi connectivity index (χ2n) is 5.31. The predicted molar refractivity (Wildman–Crippen MR) is 74.2 cm³/mol. The lowest BCUT2D eigenvalue weighted by molar-refractivity contribution is 0.0907. The number of rotatable bonds is 4. The zero-order valence-electron chi connectivity index (χ0n) is 11.7. The lowest BCUT2D eigenvalue weighted by Crippen LogP contribution is -2.47. The van der Waals surface area contributed by atoms with Crippen molar-refractivity contribution in [2.45, 2.75) is 19.5 Å². The number of halogens is 1. The first kappa shape index (κ1) is 13.1. The van der Waals surface area contributed by atoms with Crippen molar-refractivity contribution in [2.24, 2.45) is 0 Å². The van der Waals surface area contributed by atoms with Gasteiger partial charge in [0.2, 0.25) is 0 Å². The molecule has 1 aromatic heterocycles. The van der Waals surface area contributed by atoms with Gasteiger partial charge in [0.15, 0.2) is 11.6 Å². The first-order chi connectivity index (χ1) is 9.65. The van der Waals surface area contributed by atoms with Gasteiger partial charge < -0.3 is 4.74 Å². The number of hydrogen-bond donors (Lipinski definition) is 0. The molecule has 5 heteroatoms. The van der Waals surface area contributed by atoms with E-state index in [1.165, 1.54) is 12.7 Å². The molecule has 1 aliphatic rings. The molecule has 0 saturated carbocycles. The third-order valence-corrected chi connectivity index (χ3v) is 3.67. The quantitative estimate of drug-likeness (QED) is 0.858. The van der Waals surface area contributed by atoms with Crippen LogP contribution in [0.3, 0.4) is 0 Å². The van der Waals surface area contributed by atoms with Crippen molar-refractivity contribution in [2.75, 3.05) is 20.2 Å². The molecule has 1 fully saturated rings. The Kier molecular flexibility index (Phi) is 3.44. The highest BCUT2D eigenvalue weighted by Gasteiger charge is 2.28. The summed E-state index contributed by atoms with van der Waals surface area (Å²) in [5, 5.41) is 4.33. The van der Waals surface area contributed by atoms with Crippen molar-refractivity contribution in [3.05, 3.63) is 47.5 Å². The van der Waals surface area contributed by atoms with E-state index in [4.69, 9.17) is 4.74 Å². The Morgan fingerprint density at radius 1 is 1.40 bits per heavy atom. The van der Waals surface area contributed by atoms with Crippen molar-refractivity contribution in [1.29, 1.82) is 0 Å². The molecule has 0 N–H and O–H groups in total. The maximum atomic E-state index is 13.6. The van der Waals surface area contributed by atoms with Crippen molar-refractivity contribution in [1.82, 2.24) is 14.7 Å². The maximum Gasteiger partial charge on any atom is 0.165 e. The highest BCUT2D eigenvalue weighted by Crippen LogP contribution is 2.24. The Hall–Kier alpha value is -1.88. The number of benzene rings is 1. The highest BCUT2D eigenvalue weighted by molar-refractivity contribution is 5.29. The van der Waals surface area contributed by atoms with Gasteiger partial charge in [0.25, 0.3) is 0 Å². The minimum atomic E-state index is -0.301. The van der Waals surface area contributed by atoms with Crippen LogP contribution < -0.4 is 4.74 Å². The molecule has 0 aliphatic carbocycles. The largest absolute Gasteiger partial charge is 0.494 e. The number of nitrogens with zero attached hydrogens (tertiary/aromatic N) is 3. The summed E-state index contributed by atoms with van der Waals surface area (Å²) in [6.07, 6.45) is 3.94. The molecule has 0 amide bonds. The van der Waals surface area contributed by atoms with E-state index in [-0.39, 0.29) is 5.82 Å². The molecule has 1 aliphatic heterocycles. The Bertz CT molecular complexity index is 605. The average Bonchev–Trinajstić information content (AvgIpc) is 2.80. The minimum Gasteiger partial charge on any atom is -0.494 e. The maximum absolute atomic E-state index is 13.6. The summed E-state index contributed by atoms with van der Waals surface area (Å²) in [6, 6.07) is 5.57. The number of aryl methyl sites for hydroxylation is 1. The van der Waals surface area contributed by atoms with Crippen LogP contribution in [-0.2, 0) is 6.54 Å². The molecular weight excluding hydrogens is 257 g/mol. The van der Waals surface area contributed by atoms with E-state index in [0.717, 1.165) is 25.2 Å². The van der Waals surface area contributed by atoms with Gasteiger partial charge in [-0.05, 0) is 30.2 Å². The molecule has 4 nitrogen and oxygen atoms in total. The Morgan fingerprint density at radius 2 is 2.20 bits per heavy atom. The molecule has 0 bridgehead atoms. The van der Waals surface area contributed by atoms with Gasteiger partial charge in [-0.3, -0.25) is 9.58 Å². The molecule has 0 atom stereocenters. The van der Waals surface area contributed by atoms with Crippen LogP contribution in [0, 0.1) is 12.7 Å². The van der Waals surface area contributed by atoms with Crippen molar-refractivity contribution < 1.29 is 9.13 Å². The van der Waals surface area contributed by atoms with Gasteiger partial charge in [-0.1, -0.05) is 6.07 Å². The summed E-state index contributed by atoms with van der Waals surface area (Å²) in [5.74, 6) is -0.00738. The van der Waals surface area contributed by atoms with E-state index in [9.17, 15) is 4.39 Å². The number of aromatic nitrogens is 2. The topological polar surface area (TPSA) is 30.3 Å². The third-order valence-electron chi connectivity index (χ3n) is 3.67. The molecule has 0 unspecified atom stereocenters. The first-order valence-corrected chi connectivity index (χ1v) is 6.71. The summed E-state index contributed by atoms with van der Waals surface area (Å²) in [5.41, 5.74) is 2.15. The second-order valence-corrected chi connectivity index (χ2v) is 5.31. The smallest absolute Gasteiger partial charge is 0.165 e. The van der Waals surface area contributed by atoms with Crippen LogP contribution in [0.15, 0.2) is 30.6 Å². The Labute approximate surface area is 117 Å². The highest BCUT2D eigenvalue weighted by atomic mass is 19.1. The molecule has 3 rings (SSSR count). The van der Waals surface area contributed by atoms with Gasteiger partial charge in [0.1, 0.15) is 0 Å². The zero-order valence-corrected chi connectivity index (χ0v) is 11.7. The van der Waals surface area contributed by atoms with E-state index in [0.29, 0.717) is 11.8 Å². The standard InChI is InChI=1S/C15H18FN3O/c1-11-6-17-19(7-11)13-9-18(10-13)8-12-3-4-15(20-2)14(16)5-12/h3-7,13H,8-10H2,1-2H3. The van der Waals surface area contributed by atoms with Crippen LogP contribution in [0.25, 0.3) is 0 Å².